The van der Waals surface area contributed by atoms with Gasteiger partial charge in [-0.2, -0.15) is 0 Å². The van der Waals surface area contributed by atoms with Crippen molar-refractivity contribution < 1.29 is 10.2 Å². The second-order valence-corrected chi connectivity index (χ2v) is 4.05. The van der Waals surface area contributed by atoms with Crippen molar-refractivity contribution >= 4 is 21.6 Å². The third-order valence-corrected chi connectivity index (χ3v) is 2.52. The minimum absolute atomic E-state index is 0.226. The van der Waals surface area contributed by atoms with Crippen LogP contribution < -0.4 is 5.32 Å². The van der Waals surface area contributed by atoms with Crippen LogP contribution in [0.2, 0.25) is 0 Å². The van der Waals surface area contributed by atoms with Crippen LogP contribution >= 0.6 is 15.9 Å². The molecule has 0 unspecified atom stereocenters. The molecule has 3 N–H and O–H groups in total. The van der Waals surface area contributed by atoms with Gasteiger partial charge in [-0.1, -0.05) is 6.07 Å². The molecule has 0 amide bonds. The SMILES string of the molecule is Cc1ccc(NC[C@H](O)CO)c(Br)c1. The Labute approximate surface area is 91.9 Å². The van der Waals surface area contributed by atoms with Gasteiger partial charge in [-0.05, 0) is 40.5 Å². The maximum absolute atomic E-state index is 9.14. The van der Waals surface area contributed by atoms with E-state index in [0.29, 0.717) is 6.54 Å². The minimum Gasteiger partial charge on any atom is -0.394 e. The van der Waals surface area contributed by atoms with Gasteiger partial charge < -0.3 is 15.5 Å². The highest BCUT2D eigenvalue weighted by molar-refractivity contribution is 9.10. The Morgan fingerprint density at radius 3 is 2.79 bits per heavy atom. The first-order chi connectivity index (χ1) is 6.63. The highest BCUT2D eigenvalue weighted by atomic mass is 79.9. The van der Waals surface area contributed by atoms with E-state index in [1.807, 2.05) is 25.1 Å². The van der Waals surface area contributed by atoms with Gasteiger partial charge in [-0.15, -0.1) is 0 Å². The smallest absolute Gasteiger partial charge is 0.0942 e. The lowest BCUT2D eigenvalue weighted by Crippen LogP contribution is -2.23. The number of aliphatic hydroxyl groups is 2. The van der Waals surface area contributed by atoms with E-state index < -0.39 is 6.10 Å². The average molecular weight is 260 g/mol. The zero-order valence-corrected chi connectivity index (χ0v) is 9.58. The number of hydrogen-bond donors (Lipinski definition) is 3. The van der Waals surface area contributed by atoms with E-state index in [0.717, 1.165) is 10.2 Å². The summed E-state index contributed by atoms with van der Waals surface area (Å²) in [6.07, 6.45) is -0.719. The fourth-order valence-electron chi connectivity index (χ4n) is 1.06. The lowest BCUT2D eigenvalue weighted by atomic mass is 10.2. The number of halogens is 1. The molecule has 0 bridgehead atoms. The van der Waals surface area contributed by atoms with E-state index >= 15 is 0 Å². The molecule has 0 fully saturated rings. The van der Waals surface area contributed by atoms with Crippen LogP contribution in [0, 0.1) is 6.92 Å². The van der Waals surface area contributed by atoms with Crippen LogP contribution in [0.1, 0.15) is 5.56 Å². The molecule has 0 aliphatic heterocycles. The summed E-state index contributed by atoms with van der Waals surface area (Å²) in [6.45, 7) is 2.13. The van der Waals surface area contributed by atoms with Gasteiger partial charge in [-0.25, -0.2) is 0 Å². The molecule has 0 heterocycles. The standard InChI is InChI=1S/C10H14BrNO2/c1-7-2-3-10(9(11)4-7)12-5-8(14)6-13/h2-4,8,12-14H,5-6H2,1H3/t8-/m0/s1. The van der Waals surface area contributed by atoms with Gasteiger partial charge >= 0.3 is 0 Å². The third-order valence-electron chi connectivity index (χ3n) is 1.86. The molecule has 1 aromatic carbocycles. The van der Waals surface area contributed by atoms with E-state index in [-0.39, 0.29) is 6.61 Å². The minimum atomic E-state index is -0.719. The van der Waals surface area contributed by atoms with Gasteiger partial charge in [0.2, 0.25) is 0 Å². The van der Waals surface area contributed by atoms with Crippen LogP contribution in [0.5, 0.6) is 0 Å². The summed E-state index contributed by atoms with van der Waals surface area (Å²) in [5.74, 6) is 0. The highest BCUT2D eigenvalue weighted by Crippen LogP contribution is 2.23. The van der Waals surface area contributed by atoms with Gasteiger partial charge in [0.1, 0.15) is 0 Å². The fraction of sp³-hybridized carbons (Fsp3) is 0.400. The quantitative estimate of drug-likeness (QED) is 0.769. The molecular formula is C10H14BrNO2. The number of nitrogens with one attached hydrogen (secondary N) is 1. The molecule has 0 aromatic heterocycles. The summed E-state index contributed by atoms with van der Waals surface area (Å²) in [5.41, 5.74) is 2.09. The van der Waals surface area contributed by atoms with Gasteiger partial charge in [0.15, 0.2) is 0 Å². The van der Waals surface area contributed by atoms with E-state index in [2.05, 4.69) is 21.2 Å². The molecule has 1 rings (SSSR count). The molecule has 0 aliphatic rings. The third kappa shape index (κ3) is 3.29. The van der Waals surface area contributed by atoms with Crippen molar-refractivity contribution in [1.29, 1.82) is 0 Å². The van der Waals surface area contributed by atoms with Crippen molar-refractivity contribution in [3.05, 3.63) is 28.2 Å². The first-order valence-electron chi connectivity index (χ1n) is 4.42. The Balaban J connectivity index is 2.59. The molecule has 1 atom stereocenters. The Morgan fingerprint density at radius 1 is 1.50 bits per heavy atom. The first kappa shape index (κ1) is 11.5. The van der Waals surface area contributed by atoms with Crippen LogP contribution in [0.25, 0.3) is 0 Å². The zero-order valence-electron chi connectivity index (χ0n) is 8.00. The van der Waals surface area contributed by atoms with Gasteiger partial charge in [-0.3, -0.25) is 0 Å². The fourth-order valence-corrected chi connectivity index (χ4v) is 1.69. The van der Waals surface area contributed by atoms with Gasteiger partial charge in [0.05, 0.1) is 12.7 Å². The predicted octanol–water partition coefficient (Wildman–Crippen LogP) is 1.52. The second kappa shape index (κ2) is 5.34. The number of hydrogen-bond acceptors (Lipinski definition) is 3. The van der Waals surface area contributed by atoms with Gasteiger partial charge in [0.25, 0.3) is 0 Å². The van der Waals surface area contributed by atoms with E-state index in [1.165, 1.54) is 5.56 Å². The van der Waals surface area contributed by atoms with Gasteiger partial charge in [0, 0.05) is 16.7 Å². The lowest BCUT2D eigenvalue weighted by Gasteiger charge is -2.11. The summed E-state index contributed by atoms with van der Waals surface area (Å²) >= 11 is 3.41. The van der Waals surface area contributed by atoms with E-state index in [1.54, 1.807) is 0 Å². The van der Waals surface area contributed by atoms with Crippen molar-refractivity contribution in [2.75, 3.05) is 18.5 Å². The summed E-state index contributed by atoms with van der Waals surface area (Å²) in [6, 6.07) is 5.91. The van der Waals surface area contributed by atoms with E-state index in [9.17, 15) is 0 Å². The van der Waals surface area contributed by atoms with Crippen molar-refractivity contribution in [3.63, 3.8) is 0 Å². The number of benzene rings is 1. The van der Waals surface area contributed by atoms with Crippen LogP contribution in [0.15, 0.2) is 22.7 Å². The molecule has 78 valence electrons. The topological polar surface area (TPSA) is 52.5 Å². The number of rotatable bonds is 4. The van der Waals surface area contributed by atoms with Crippen LogP contribution in [-0.2, 0) is 0 Å². The maximum atomic E-state index is 9.14. The Hall–Kier alpha value is -0.580. The highest BCUT2D eigenvalue weighted by Gasteiger charge is 2.03. The van der Waals surface area contributed by atoms with Crippen LogP contribution in [0.3, 0.4) is 0 Å². The molecule has 1 aromatic rings. The molecule has 0 saturated carbocycles. The maximum Gasteiger partial charge on any atom is 0.0942 e. The van der Waals surface area contributed by atoms with Crippen LogP contribution in [0.4, 0.5) is 5.69 Å². The summed E-state index contributed by atoms with van der Waals surface area (Å²) in [4.78, 5) is 0. The molecule has 0 saturated heterocycles. The molecule has 0 aliphatic carbocycles. The van der Waals surface area contributed by atoms with Crippen LogP contribution in [-0.4, -0.2) is 29.5 Å². The average Bonchev–Trinajstić information content (AvgIpc) is 2.16. The molecule has 0 spiro atoms. The summed E-state index contributed by atoms with van der Waals surface area (Å²) in [7, 11) is 0. The zero-order chi connectivity index (χ0) is 10.6. The molecule has 0 radical (unpaired) electrons. The second-order valence-electron chi connectivity index (χ2n) is 3.20. The first-order valence-corrected chi connectivity index (χ1v) is 5.21. The normalized spacial score (nSPS) is 12.6. The number of aliphatic hydroxyl groups excluding tert-OH is 2. The summed E-state index contributed by atoms with van der Waals surface area (Å²) in [5, 5.41) is 20.8. The lowest BCUT2D eigenvalue weighted by molar-refractivity contribution is 0.105. The largest absolute Gasteiger partial charge is 0.394 e. The molecular weight excluding hydrogens is 246 g/mol. The molecule has 4 heteroatoms. The van der Waals surface area contributed by atoms with Crippen molar-refractivity contribution in [2.24, 2.45) is 0 Å². The van der Waals surface area contributed by atoms with Crippen molar-refractivity contribution in [3.8, 4) is 0 Å². The van der Waals surface area contributed by atoms with Crippen molar-refractivity contribution in [2.45, 2.75) is 13.0 Å². The molecule has 14 heavy (non-hydrogen) atoms. The predicted molar refractivity (Wildman–Crippen MR) is 60.5 cm³/mol. The Bertz CT molecular complexity index is 304. The number of anilines is 1. The van der Waals surface area contributed by atoms with Crippen molar-refractivity contribution in [1.82, 2.24) is 0 Å². The number of aryl methyl sites for hydroxylation is 1. The van der Waals surface area contributed by atoms with E-state index in [4.69, 9.17) is 10.2 Å². The molecule has 3 nitrogen and oxygen atoms in total. The Kier molecular flexibility index (Phi) is 4.38. The monoisotopic (exact) mass is 259 g/mol. The summed E-state index contributed by atoms with van der Waals surface area (Å²) < 4.78 is 0.961. The Morgan fingerprint density at radius 2 is 2.21 bits per heavy atom.